The molecule has 0 fully saturated rings. The maximum atomic E-state index is 13.4. The summed E-state index contributed by atoms with van der Waals surface area (Å²) in [5.74, 6) is -2.77. The second kappa shape index (κ2) is 5.61. The van der Waals surface area contributed by atoms with Crippen molar-refractivity contribution in [1.82, 2.24) is 5.32 Å². The van der Waals surface area contributed by atoms with E-state index in [2.05, 4.69) is 5.32 Å². The number of carbonyl (C=O) groups excluding carboxylic acids is 1. The molecule has 19 heavy (non-hydrogen) atoms. The Balaban J connectivity index is 2.10. The summed E-state index contributed by atoms with van der Waals surface area (Å²) in [5.41, 5.74) is 1.68. The molecule has 98 valence electrons. The standard InChI is InChI=1S/C15H13F2NO/c1-10-5-2-3-6-11(10)9-18-15(19)12-7-4-8-13(16)14(12)17/h2-8H,9H2,1H3,(H,18,19). The lowest BCUT2D eigenvalue weighted by Crippen LogP contribution is -2.24. The number of nitrogens with one attached hydrogen (secondary N) is 1. The van der Waals surface area contributed by atoms with Gasteiger partial charge in [0.25, 0.3) is 5.91 Å². The maximum Gasteiger partial charge on any atom is 0.254 e. The van der Waals surface area contributed by atoms with Gasteiger partial charge in [0.05, 0.1) is 5.56 Å². The molecule has 0 saturated heterocycles. The minimum atomic E-state index is -1.12. The molecule has 0 bridgehead atoms. The molecule has 2 rings (SSSR count). The zero-order valence-electron chi connectivity index (χ0n) is 10.4. The molecule has 0 aliphatic rings. The molecular weight excluding hydrogens is 248 g/mol. The van der Waals surface area contributed by atoms with Crippen LogP contribution in [0.25, 0.3) is 0 Å². The van der Waals surface area contributed by atoms with Crippen LogP contribution in [0.2, 0.25) is 0 Å². The molecule has 0 radical (unpaired) electrons. The first-order valence-electron chi connectivity index (χ1n) is 5.86. The number of hydrogen-bond donors (Lipinski definition) is 1. The number of benzene rings is 2. The van der Waals surface area contributed by atoms with Gasteiger partial charge in [-0.05, 0) is 30.2 Å². The Bertz CT molecular complexity index is 611. The molecule has 2 nitrogen and oxygen atoms in total. The minimum Gasteiger partial charge on any atom is -0.348 e. The third-order valence-corrected chi connectivity index (χ3v) is 2.90. The van der Waals surface area contributed by atoms with Crippen molar-refractivity contribution in [3.63, 3.8) is 0 Å². The SMILES string of the molecule is Cc1ccccc1CNC(=O)c1cccc(F)c1F. The first-order valence-corrected chi connectivity index (χ1v) is 5.86. The number of amides is 1. The summed E-state index contributed by atoms with van der Waals surface area (Å²) in [6, 6.07) is 11.1. The fourth-order valence-electron chi connectivity index (χ4n) is 1.76. The number of rotatable bonds is 3. The topological polar surface area (TPSA) is 29.1 Å². The summed E-state index contributed by atoms with van der Waals surface area (Å²) in [6.45, 7) is 2.20. The van der Waals surface area contributed by atoms with Crippen LogP contribution in [-0.2, 0) is 6.54 Å². The highest BCUT2D eigenvalue weighted by atomic mass is 19.2. The van der Waals surface area contributed by atoms with Crippen LogP contribution in [0.4, 0.5) is 8.78 Å². The van der Waals surface area contributed by atoms with Crippen LogP contribution in [0.5, 0.6) is 0 Å². The summed E-state index contributed by atoms with van der Waals surface area (Å²) >= 11 is 0. The van der Waals surface area contributed by atoms with Crippen LogP contribution >= 0.6 is 0 Å². The van der Waals surface area contributed by atoms with Crippen molar-refractivity contribution in [1.29, 1.82) is 0 Å². The van der Waals surface area contributed by atoms with Crippen molar-refractivity contribution in [3.05, 3.63) is 70.8 Å². The monoisotopic (exact) mass is 261 g/mol. The van der Waals surface area contributed by atoms with E-state index >= 15 is 0 Å². The predicted octanol–water partition coefficient (Wildman–Crippen LogP) is 3.20. The average molecular weight is 261 g/mol. The Hall–Kier alpha value is -2.23. The van der Waals surface area contributed by atoms with E-state index in [-0.39, 0.29) is 12.1 Å². The highest BCUT2D eigenvalue weighted by Gasteiger charge is 2.14. The lowest BCUT2D eigenvalue weighted by atomic mass is 10.1. The van der Waals surface area contributed by atoms with E-state index in [1.807, 2.05) is 31.2 Å². The lowest BCUT2D eigenvalue weighted by Gasteiger charge is -2.08. The average Bonchev–Trinajstić information content (AvgIpc) is 2.40. The molecular formula is C15H13F2NO. The second-order valence-electron chi connectivity index (χ2n) is 4.21. The molecule has 0 aliphatic carbocycles. The van der Waals surface area contributed by atoms with Crippen LogP contribution in [0, 0.1) is 18.6 Å². The number of carbonyl (C=O) groups is 1. The van der Waals surface area contributed by atoms with Gasteiger partial charge in [-0.2, -0.15) is 0 Å². The highest BCUT2D eigenvalue weighted by molar-refractivity contribution is 5.94. The van der Waals surface area contributed by atoms with Crippen LogP contribution < -0.4 is 5.32 Å². The van der Waals surface area contributed by atoms with Gasteiger partial charge in [0, 0.05) is 6.54 Å². The quantitative estimate of drug-likeness (QED) is 0.903. The van der Waals surface area contributed by atoms with Gasteiger partial charge in [-0.25, -0.2) is 8.78 Å². The molecule has 1 amide bonds. The molecule has 0 atom stereocenters. The van der Waals surface area contributed by atoms with Gasteiger partial charge in [0.2, 0.25) is 0 Å². The second-order valence-corrected chi connectivity index (χ2v) is 4.21. The number of halogens is 2. The fraction of sp³-hybridized carbons (Fsp3) is 0.133. The molecule has 0 saturated carbocycles. The first-order chi connectivity index (χ1) is 9.09. The predicted molar refractivity (Wildman–Crippen MR) is 68.7 cm³/mol. The minimum absolute atomic E-state index is 0.279. The molecule has 2 aromatic carbocycles. The van der Waals surface area contributed by atoms with Crippen molar-refractivity contribution in [3.8, 4) is 0 Å². The van der Waals surface area contributed by atoms with Gasteiger partial charge >= 0.3 is 0 Å². The maximum absolute atomic E-state index is 13.4. The molecule has 0 aromatic heterocycles. The van der Waals surface area contributed by atoms with Crippen LogP contribution in [0.15, 0.2) is 42.5 Å². The number of hydrogen-bond acceptors (Lipinski definition) is 1. The lowest BCUT2D eigenvalue weighted by molar-refractivity contribution is 0.0946. The Morgan fingerprint density at radius 1 is 1.11 bits per heavy atom. The van der Waals surface area contributed by atoms with E-state index in [0.29, 0.717) is 0 Å². The smallest absolute Gasteiger partial charge is 0.254 e. The Kier molecular flexibility index (Phi) is 3.90. The van der Waals surface area contributed by atoms with Crippen molar-refractivity contribution in [2.45, 2.75) is 13.5 Å². The van der Waals surface area contributed by atoms with Crippen LogP contribution in [0.1, 0.15) is 21.5 Å². The zero-order valence-corrected chi connectivity index (χ0v) is 10.4. The molecule has 0 aliphatic heterocycles. The van der Waals surface area contributed by atoms with Gasteiger partial charge in [-0.1, -0.05) is 30.3 Å². The molecule has 0 spiro atoms. The van der Waals surface area contributed by atoms with E-state index < -0.39 is 17.5 Å². The van der Waals surface area contributed by atoms with Gasteiger partial charge in [0.15, 0.2) is 11.6 Å². The molecule has 2 aromatic rings. The molecule has 1 N–H and O–H groups in total. The first kappa shape index (κ1) is 13.2. The van der Waals surface area contributed by atoms with E-state index in [9.17, 15) is 13.6 Å². The summed E-state index contributed by atoms with van der Waals surface area (Å²) in [4.78, 5) is 11.8. The van der Waals surface area contributed by atoms with Gasteiger partial charge in [-0.15, -0.1) is 0 Å². The highest BCUT2D eigenvalue weighted by Crippen LogP contribution is 2.12. The van der Waals surface area contributed by atoms with Crippen molar-refractivity contribution in [2.24, 2.45) is 0 Å². The summed E-state index contributed by atoms with van der Waals surface area (Å²) in [6.07, 6.45) is 0. The van der Waals surface area contributed by atoms with Gasteiger partial charge in [0.1, 0.15) is 0 Å². The largest absolute Gasteiger partial charge is 0.348 e. The third-order valence-electron chi connectivity index (χ3n) is 2.90. The van der Waals surface area contributed by atoms with E-state index in [1.54, 1.807) is 0 Å². The number of aryl methyl sites for hydroxylation is 1. The summed E-state index contributed by atoms with van der Waals surface area (Å²) in [5, 5.41) is 2.58. The molecule has 0 unspecified atom stereocenters. The normalized spacial score (nSPS) is 10.3. The molecule has 0 heterocycles. The van der Waals surface area contributed by atoms with E-state index in [4.69, 9.17) is 0 Å². The fourth-order valence-corrected chi connectivity index (χ4v) is 1.76. The summed E-state index contributed by atoms with van der Waals surface area (Å²) < 4.78 is 26.4. The van der Waals surface area contributed by atoms with Crippen molar-refractivity contribution >= 4 is 5.91 Å². The Morgan fingerprint density at radius 2 is 1.84 bits per heavy atom. The van der Waals surface area contributed by atoms with Crippen molar-refractivity contribution in [2.75, 3.05) is 0 Å². The van der Waals surface area contributed by atoms with Crippen molar-refractivity contribution < 1.29 is 13.6 Å². The van der Waals surface area contributed by atoms with Crippen LogP contribution in [-0.4, -0.2) is 5.91 Å². The summed E-state index contributed by atoms with van der Waals surface area (Å²) in [7, 11) is 0. The Morgan fingerprint density at radius 3 is 2.58 bits per heavy atom. The van der Waals surface area contributed by atoms with Gasteiger partial charge in [-0.3, -0.25) is 4.79 Å². The van der Waals surface area contributed by atoms with E-state index in [1.165, 1.54) is 12.1 Å². The third kappa shape index (κ3) is 2.96. The van der Waals surface area contributed by atoms with Crippen LogP contribution in [0.3, 0.4) is 0 Å². The van der Waals surface area contributed by atoms with Gasteiger partial charge < -0.3 is 5.32 Å². The Labute approximate surface area is 110 Å². The molecule has 4 heteroatoms. The van der Waals surface area contributed by atoms with E-state index in [0.717, 1.165) is 17.2 Å². The zero-order chi connectivity index (χ0) is 13.8.